The van der Waals surface area contributed by atoms with Crippen molar-refractivity contribution in [1.29, 1.82) is 0 Å². The van der Waals surface area contributed by atoms with Crippen LogP contribution in [0.2, 0.25) is 0 Å². The molecule has 0 aliphatic carbocycles. The summed E-state index contributed by atoms with van der Waals surface area (Å²) in [5.74, 6) is 0.0536. The first-order chi connectivity index (χ1) is 8.65. The molecule has 3 heterocycles. The molecule has 2 amide bonds. The van der Waals surface area contributed by atoms with Crippen LogP contribution in [-0.2, 0) is 22.7 Å². The van der Waals surface area contributed by atoms with Crippen LogP contribution in [0.25, 0.3) is 0 Å². The third kappa shape index (κ3) is 1.79. The molecule has 0 saturated carbocycles. The molecule has 5 nitrogen and oxygen atoms in total. The van der Waals surface area contributed by atoms with Gasteiger partial charge in [0.15, 0.2) is 0 Å². The molecule has 5 heteroatoms. The largest absolute Gasteiger partial charge is 0.348 e. The van der Waals surface area contributed by atoms with Gasteiger partial charge in [-0.1, -0.05) is 0 Å². The Morgan fingerprint density at radius 2 is 2.22 bits per heavy atom. The highest BCUT2D eigenvalue weighted by Gasteiger charge is 2.35. The summed E-state index contributed by atoms with van der Waals surface area (Å²) in [5, 5.41) is 0. The number of hydrogen-bond donors (Lipinski definition) is 0. The Kier molecular flexibility index (Phi) is 2.61. The van der Waals surface area contributed by atoms with E-state index in [1.807, 2.05) is 23.2 Å². The minimum atomic E-state index is -0.149. The van der Waals surface area contributed by atoms with E-state index in [1.165, 1.54) is 5.69 Å². The summed E-state index contributed by atoms with van der Waals surface area (Å²) >= 11 is 0. The summed E-state index contributed by atoms with van der Waals surface area (Å²) in [7, 11) is 1.76. The molecule has 0 bridgehead atoms. The van der Waals surface area contributed by atoms with Gasteiger partial charge in [-0.05, 0) is 12.1 Å². The van der Waals surface area contributed by atoms with E-state index >= 15 is 0 Å². The van der Waals surface area contributed by atoms with Crippen molar-refractivity contribution >= 4 is 11.8 Å². The van der Waals surface area contributed by atoms with Gasteiger partial charge in [-0.3, -0.25) is 9.59 Å². The highest BCUT2D eigenvalue weighted by Crippen LogP contribution is 2.21. The molecule has 1 fully saturated rings. The van der Waals surface area contributed by atoms with Gasteiger partial charge < -0.3 is 14.4 Å². The van der Waals surface area contributed by atoms with Crippen LogP contribution in [0.5, 0.6) is 0 Å². The van der Waals surface area contributed by atoms with Crippen molar-refractivity contribution in [1.82, 2.24) is 14.4 Å². The lowest BCUT2D eigenvalue weighted by molar-refractivity contribution is -0.137. The maximum Gasteiger partial charge on any atom is 0.228 e. The van der Waals surface area contributed by atoms with Gasteiger partial charge in [0.1, 0.15) is 0 Å². The standard InChI is InChI=1S/C13H17N3O2/c1-14-8-10(7-12(14)17)13(18)16-6-5-15-4-2-3-11(15)9-16/h2-4,10H,5-9H2,1H3/t10-/m0/s1. The van der Waals surface area contributed by atoms with E-state index in [4.69, 9.17) is 0 Å². The van der Waals surface area contributed by atoms with Crippen molar-refractivity contribution in [2.75, 3.05) is 20.1 Å². The fourth-order valence-corrected chi connectivity index (χ4v) is 2.79. The number of nitrogens with zero attached hydrogens (tertiary/aromatic N) is 3. The monoisotopic (exact) mass is 247 g/mol. The Labute approximate surface area is 106 Å². The van der Waals surface area contributed by atoms with E-state index in [1.54, 1.807) is 11.9 Å². The molecular weight excluding hydrogens is 230 g/mol. The average Bonchev–Trinajstić information content (AvgIpc) is 2.95. The Hall–Kier alpha value is -1.78. The van der Waals surface area contributed by atoms with Crippen molar-refractivity contribution in [2.24, 2.45) is 5.92 Å². The molecule has 1 aromatic heterocycles. The van der Waals surface area contributed by atoms with E-state index < -0.39 is 0 Å². The molecule has 0 spiro atoms. The number of likely N-dealkylation sites (tertiary alicyclic amines) is 1. The van der Waals surface area contributed by atoms with Crippen molar-refractivity contribution in [3.8, 4) is 0 Å². The molecule has 0 aromatic carbocycles. The molecule has 18 heavy (non-hydrogen) atoms. The maximum absolute atomic E-state index is 12.4. The zero-order valence-electron chi connectivity index (χ0n) is 10.5. The average molecular weight is 247 g/mol. The van der Waals surface area contributed by atoms with Gasteiger partial charge >= 0.3 is 0 Å². The normalized spacial score (nSPS) is 23.4. The topological polar surface area (TPSA) is 45.6 Å². The first-order valence-corrected chi connectivity index (χ1v) is 6.32. The third-order valence-electron chi connectivity index (χ3n) is 3.89. The van der Waals surface area contributed by atoms with Crippen molar-refractivity contribution in [3.05, 3.63) is 24.0 Å². The molecule has 2 aliphatic rings. The fourth-order valence-electron chi connectivity index (χ4n) is 2.79. The molecule has 0 N–H and O–H groups in total. The predicted octanol–water partition coefficient (Wildman–Crippen LogP) is 0.309. The molecule has 0 unspecified atom stereocenters. The smallest absolute Gasteiger partial charge is 0.228 e. The molecule has 1 atom stereocenters. The number of hydrogen-bond acceptors (Lipinski definition) is 2. The molecular formula is C13H17N3O2. The maximum atomic E-state index is 12.4. The second-order valence-electron chi connectivity index (χ2n) is 5.13. The summed E-state index contributed by atoms with van der Waals surface area (Å²) in [4.78, 5) is 27.4. The summed E-state index contributed by atoms with van der Waals surface area (Å²) in [6, 6.07) is 4.06. The first-order valence-electron chi connectivity index (χ1n) is 6.32. The number of aromatic nitrogens is 1. The Morgan fingerprint density at radius 1 is 1.39 bits per heavy atom. The first kappa shape index (κ1) is 11.3. The minimum Gasteiger partial charge on any atom is -0.348 e. The fraction of sp³-hybridized carbons (Fsp3) is 0.538. The number of fused-ring (bicyclic) bond motifs is 1. The molecule has 96 valence electrons. The van der Waals surface area contributed by atoms with Crippen LogP contribution in [0.3, 0.4) is 0 Å². The van der Waals surface area contributed by atoms with Crippen LogP contribution in [0.1, 0.15) is 12.1 Å². The summed E-state index contributed by atoms with van der Waals surface area (Å²) < 4.78 is 2.18. The van der Waals surface area contributed by atoms with Crippen LogP contribution < -0.4 is 0 Å². The van der Waals surface area contributed by atoms with Gasteiger partial charge in [-0.15, -0.1) is 0 Å². The van der Waals surface area contributed by atoms with Crippen molar-refractivity contribution < 1.29 is 9.59 Å². The van der Waals surface area contributed by atoms with Gasteiger partial charge in [0, 0.05) is 45.0 Å². The lowest BCUT2D eigenvalue weighted by Gasteiger charge is -2.30. The zero-order valence-corrected chi connectivity index (χ0v) is 10.5. The second-order valence-corrected chi connectivity index (χ2v) is 5.13. The van der Waals surface area contributed by atoms with Gasteiger partial charge in [0.2, 0.25) is 11.8 Å². The van der Waals surface area contributed by atoms with E-state index in [9.17, 15) is 9.59 Å². The van der Waals surface area contributed by atoms with Gasteiger partial charge in [-0.25, -0.2) is 0 Å². The summed E-state index contributed by atoms with van der Waals surface area (Å²) in [6.45, 7) is 2.83. The zero-order chi connectivity index (χ0) is 12.7. The quantitative estimate of drug-likeness (QED) is 0.717. The van der Waals surface area contributed by atoms with Crippen LogP contribution in [-0.4, -0.2) is 46.3 Å². The number of rotatable bonds is 1. The van der Waals surface area contributed by atoms with Gasteiger partial charge in [0.25, 0.3) is 0 Å². The molecule has 1 saturated heterocycles. The van der Waals surface area contributed by atoms with E-state index in [-0.39, 0.29) is 17.7 Å². The molecule has 0 radical (unpaired) electrons. The highest BCUT2D eigenvalue weighted by molar-refractivity contribution is 5.89. The lowest BCUT2D eigenvalue weighted by Crippen LogP contribution is -2.41. The molecule has 2 aliphatic heterocycles. The van der Waals surface area contributed by atoms with Crippen LogP contribution >= 0.6 is 0 Å². The predicted molar refractivity (Wildman–Crippen MR) is 65.6 cm³/mol. The lowest BCUT2D eigenvalue weighted by atomic mass is 10.1. The van der Waals surface area contributed by atoms with E-state index in [0.717, 1.165) is 13.1 Å². The number of amides is 2. The summed E-state index contributed by atoms with van der Waals surface area (Å²) in [5.41, 5.74) is 1.17. The van der Waals surface area contributed by atoms with Crippen LogP contribution in [0, 0.1) is 5.92 Å². The molecule has 3 rings (SSSR count). The van der Waals surface area contributed by atoms with Gasteiger partial charge in [0.05, 0.1) is 12.5 Å². The third-order valence-corrected chi connectivity index (χ3v) is 3.89. The van der Waals surface area contributed by atoms with Crippen LogP contribution in [0.15, 0.2) is 18.3 Å². The number of carbonyl (C=O) groups excluding carboxylic acids is 2. The van der Waals surface area contributed by atoms with E-state index in [2.05, 4.69) is 4.57 Å². The van der Waals surface area contributed by atoms with Crippen molar-refractivity contribution in [2.45, 2.75) is 19.5 Å². The number of carbonyl (C=O) groups is 2. The SMILES string of the molecule is CN1C[C@@H](C(=O)N2CCn3cccc3C2)CC1=O. The van der Waals surface area contributed by atoms with Crippen molar-refractivity contribution in [3.63, 3.8) is 0 Å². The van der Waals surface area contributed by atoms with Crippen LogP contribution in [0.4, 0.5) is 0 Å². The Morgan fingerprint density at radius 3 is 2.94 bits per heavy atom. The van der Waals surface area contributed by atoms with E-state index in [0.29, 0.717) is 19.5 Å². The Bertz CT molecular complexity index is 494. The summed E-state index contributed by atoms with van der Waals surface area (Å²) in [6.07, 6.45) is 2.41. The second kappa shape index (κ2) is 4.15. The minimum absolute atomic E-state index is 0.0775. The molecule has 1 aromatic rings. The Balaban J connectivity index is 1.70. The van der Waals surface area contributed by atoms with Gasteiger partial charge in [-0.2, -0.15) is 0 Å². The highest BCUT2D eigenvalue weighted by atomic mass is 16.2.